The first-order valence-electron chi connectivity index (χ1n) is 8.10. The molecule has 2 aromatic carbocycles. The highest BCUT2D eigenvalue weighted by Gasteiger charge is 2.15. The lowest BCUT2D eigenvalue weighted by molar-refractivity contribution is 0.102. The second-order valence-corrected chi connectivity index (χ2v) is 7.30. The summed E-state index contributed by atoms with van der Waals surface area (Å²) in [6.07, 6.45) is 1.47. The van der Waals surface area contributed by atoms with E-state index in [-0.39, 0.29) is 16.6 Å². The van der Waals surface area contributed by atoms with Crippen LogP contribution in [0.15, 0.2) is 59.9 Å². The van der Waals surface area contributed by atoms with Crippen LogP contribution in [0, 0.1) is 13.8 Å². The zero-order chi connectivity index (χ0) is 18.5. The van der Waals surface area contributed by atoms with Crippen molar-refractivity contribution >= 4 is 35.0 Å². The fourth-order valence-electron chi connectivity index (χ4n) is 2.33. The van der Waals surface area contributed by atoms with Gasteiger partial charge in [0.25, 0.3) is 5.91 Å². The molecule has 0 aliphatic carbocycles. The van der Waals surface area contributed by atoms with Crippen molar-refractivity contribution in [2.24, 2.45) is 0 Å². The van der Waals surface area contributed by atoms with E-state index in [0.29, 0.717) is 10.8 Å². The monoisotopic (exact) mass is 383 g/mol. The van der Waals surface area contributed by atoms with Crippen LogP contribution in [0.2, 0.25) is 5.02 Å². The summed E-state index contributed by atoms with van der Waals surface area (Å²) in [7, 11) is 0. The van der Waals surface area contributed by atoms with Gasteiger partial charge in [-0.25, -0.2) is 9.97 Å². The van der Waals surface area contributed by atoms with Crippen molar-refractivity contribution in [2.45, 2.75) is 24.8 Å². The topological polar surface area (TPSA) is 54.9 Å². The van der Waals surface area contributed by atoms with E-state index in [1.165, 1.54) is 29.1 Å². The molecule has 0 radical (unpaired) electrons. The first-order valence-corrected chi connectivity index (χ1v) is 9.46. The van der Waals surface area contributed by atoms with Gasteiger partial charge in [0.05, 0.1) is 11.2 Å². The highest BCUT2D eigenvalue weighted by atomic mass is 35.5. The van der Waals surface area contributed by atoms with Crippen molar-refractivity contribution < 1.29 is 4.79 Å². The fraction of sp³-hybridized carbons (Fsp3) is 0.150. The van der Waals surface area contributed by atoms with Crippen LogP contribution in [0.1, 0.15) is 27.2 Å². The van der Waals surface area contributed by atoms with Gasteiger partial charge in [-0.3, -0.25) is 4.79 Å². The van der Waals surface area contributed by atoms with Gasteiger partial charge in [0.2, 0.25) is 0 Å². The Labute approximate surface area is 162 Å². The van der Waals surface area contributed by atoms with Crippen LogP contribution in [0.25, 0.3) is 0 Å². The molecule has 1 aromatic heterocycles. The van der Waals surface area contributed by atoms with E-state index in [9.17, 15) is 4.79 Å². The van der Waals surface area contributed by atoms with Crippen molar-refractivity contribution in [1.29, 1.82) is 0 Å². The number of carbonyl (C=O) groups excluding carboxylic acids is 1. The second kappa shape index (κ2) is 8.34. The van der Waals surface area contributed by atoms with Gasteiger partial charge in [-0.05, 0) is 37.1 Å². The van der Waals surface area contributed by atoms with Gasteiger partial charge < -0.3 is 5.32 Å². The van der Waals surface area contributed by atoms with Crippen LogP contribution in [-0.4, -0.2) is 15.9 Å². The molecule has 4 nitrogen and oxygen atoms in total. The Morgan fingerprint density at radius 1 is 1.12 bits per heavy atom. The van der Waals surface area contributed by atoms with Crippen LogP contribution in [0.5, 0.6) is 0 Å². The standard InChI is InChI=1S/C20H18ClN3OS/c1-13-6-8-15(9-7-13)12-26-20-22-11-17(21)18(24-20)19(25)23-16-5-3-4-14(2)10-16/h3-11H,12H2,1-2H3,(H,23,25). The molecule has 0 atom stereocenters. The molecular weight excluding hydrogens is 366 g/mol. The summed E-state index contributed by atoms with van der Waals surface area (Å²) in [4.78, 5) is 21.1. The lowest BCUT2D eigenvalue weighted by Crippen LogP contribution is -2.15. The Morgan fingerprint density at radius 3 is 2.62 bits per heavy atom. The maximum absolute atomic E-state index is 12.5. The third-order valence-corrected chi connectivity index (χ3v) is 4.91. The normalized spacial score (nSPS) is 10.6. The molecule has 0 aliphatic rings. The van der Waals surface area contributed by atoms with Gasteiger partial charge in [0, 0.05) is 11.4 Å². The number of aryl methyl sites for hydroxylation is 2. The van der Waals surface area contributed by atoms with Gasteiger partial charge in [-0.1, -0.05) is 65.3 Å². The summed E-state index contributed by atoms with van der Waals surface area (Å²) in [6, 6.07) is 15.8. The van der Waals surface area contributed by atoms with E-state index < -0.39 is 0 Å². The Kier molecular flexibility index (Phi) is 5.91. The van der Waals surface area contributed by atoms with Crippen LogP contribution < -0.4 is 5.32 Å². The average molecular weight is 384 g/mol. The molecule has 0 fully saturated rings. The van der Waals surface area contributed by atoms with E-state index in [2.05, 4.69) is 46.5 Å². The van der Waals surface area contributed by atoms with E-state index in [1.807, 2.05) is 31.2 Å². The number of benzene rings is 2. The van der Waals surface area contributed by atoms with E-state index in [0.717, 1.165) is 11.3 Å². The number of aromatic nitrogens is 2. The first kappa shape index (κ1) is 18.4. The molecule has 3 aromatic rings. The Morgan fingerprint density at radius 2 is 1.88 bits per heavy atom. The third kappa shape index (κ3) is 4.84. The molecule has 0 unspecified atom stereocenters. The number of hydrogen-bond donors (Lipinski definition) is 1. The highest BCUT2D eigenvalue weighted by Crippen LogP contribution is 2.23. The highest BCUT2D eigenvalue weighted by molar-refractivity contribution is 7.98. The van der Waals surface area contributed by atoms with Crippen molar-refractivity contribution in [1.82, 2.24) is 9.97 Å². The van der Waals surface area contributed by atoms with Crippen LogP contribution in [0.3, 0.4) is 0 Å². The Hall–Kier alpha value is -2.37. The molecule has 1 amide bonds. The Bertz CT molecular complexity index is 929. The zero-order valence-corrected chi connectivity index (χ0v) is 16.1. The smallest absolute Gasteiger partial charge is 0.275 e. The van der Waals surface area contributed by atoms with Crippen molar-refractivity contribution in [3.05, 3.63) is 82.1 Å². The predicted molar refractivity (Wildman–Crippen MR) is 107 cm³/mol. The summed E-state index contributed by atoms with van der Waals surface area (Å²) in [5, 5.41) is 3.57. The number of rotatable bonds is 5. The quantitative estimate of drug-likeness (QED) is 0.480. The molecule has 0 saturated heterocycles. The first-order chi connectivity index (χ1) is 12.5. The number of hydrogen-bond acceptors (Lipinski definition) is 4. The summed E-state index contributed by atoms with van der Waals surface area (Å²) < 4.78 is 0. The molecule has 0 bridgehead atoms. The maximum Gasteiger partial charge on any atom is 0.275 e. The van der Waals surface area contributed by atoms with Crippen molar-refractivity contribution in [3.63, 3.8) is 0 Å². The number of thioether (sulfide) groups is 1. The molecule has 6 heteroatoms. The van der Waals surface area contributed by atoms with E-state index in [4.69, 9.17) is 11.6 Å². The molecule has 0 spiro atoms. The number of nitrogens with one attached hydrogen (secondary N) is 1. The van der Waals surface area contributed by atoms with E-state index in [1.54, 1.807) is 0 Å². The summed E-state index contributed by atoms with van der Waals surface area (Å²) in [5.74, 6) is 0.376. The minimum Gasteiger partial charge on any atom is -0.321 e. The number of nitrogens with zero attached hydrogens (tertiary/aromatic N) is 2. The van der Waals surface area contributed by atoms with Crippen LogP contribution in [0.4, 0.5) is 5.69 Å². The summed E-state index contributed by atoms with van der Waals surface area (Å²) >= 11 is 7.60. The predicted octanol–water partition coefficient (Wildman–Crippen LogP) is 5.29. The molecule has 0 aliphatic heterocycles. The molecule has 132 valence electrons. The fourth-order valence-corrected chi connectivity index (χ4v) is 3.27. The van der Waals surface area contributed by atoms with Gasteiger partial charge >= 0.3 is 0 Å². The average Bonchev–Trinajstić information content (AvgIpc) is 2.62. The SMILES string of the molecule is Cc1ccc(CSc2ncc(Cl)c(C(=O)Nc3cccc(C)c3)n2)cc1. The minimum atomic E-state index is -0.347. The maximum atomic E-state index is 12.5. The molecule has 0 saturated carbocycles. The molecular formula is C20H18ClN3OS. The van der Waals surface area contributed by atoms with Gasteiger partial charge in [-0.2, -0.15) is 0 Å². The molecule has 26 heavy (non-hydrogen) atoms. The zero-order valence-electron chi connectivity index (χ0n) is 14.5. The number of carbonyl (C=O) groups is 1. The largest absolute Gasteiger partial charge is 0.321 e. The number of anilines is 1. The summed E-state index contributed by atoms with van der Waals surface area (Å²) in [5.41, 5.74) is 4.33. The minimum absolute atomic E-state index is 0.176. The van der Waals surface area contributed by atoms with Crippen molar-refractivity contribution in [2.75, 3.05) is 5.32 Å². The Balaban J connectivity index is 1.72. The molecule has 1 N–H and O–H groups in total. The van der Waals surface area contributed by atoms with Crippen molar-refractivity contribution in [3.8, 4) is 0 Å². The van der Waals surface area contributed by atoms with Gasteiger partial charge in [0.15, 0.2) is 10.9 Å². The van der Waals surface area contributed by atoms with Crippen LogP contribution >= 0.6 is 23.4 Å². The van der Waals surface area contributed by atoms with Gasteiger partial charge in [-0.15, -0.1) is 0 Å². The summed E-state index contributed by atoms with van der Waals surface area (Å²) in [6.45, 7) is 4.02. The van der Waals surface area contributed by atoms with Crippen LogP contribution in [-0.2, 0) is 5.75 Å². The van der Waals surface area contributed by atoms with Gasteiger partial charge in [0.1, 0.15) is 0 Å². The lowest BCUT2D eigenvalue weighted by Gasteiger charge is -2.08. The second-order valence-electron chi connectivity index (χ2n) is 5.95. The number of amides is 1. The molecule has 1 heterocycles. The third-order valence-electron chi connectivity index (χ3n) is 3.70. The van der Waals surface area contributed by atoms with E-state index >= 15 is 0 Å². The molecule has 3 rings (SSSR count). The number of halogens is 1. The lowest BCUT2D eigenvalue weighted by atomic mass is 10.2.